The van der Waals surface area contributed by atoms with Crippen molar-refractivity contribution in [2.24, 2.45) is 0 Å². The summed E-state index contributed by atoms with van der Waals surface area (Å²) in [4.78, 5) is 2.44. The Hall–Kier alpha value is -7.94. The third kappa shape index (κ3) is 6.06. The van der Waals surface area contributed by atoms with E-state index in [0.717, 1.165) is 39.4 Å². The lowest BCUT2D eigenvalue weighted by Crippen LogP contribution is -2.12. The number of aromatic nitrogens is 1. The molecule has 1 aromatic heterocycles. The van der Waals surface area contributed by atoms with Crippen LogP contribution < -0.4 is 4.90 Å². The molecular formula is C58H40N2. The second-order valence-electron chi connectivity index (χ2n) is 15.2. The van der Waals surface area contributed by atoms with E-state index in [9.17, 15) is 0 Å². The number of fused-ring (bicyclic) bond motifs is 5. The lowest BCUT2D eigenvalue weighted by atomic mass is 9.92. The van der Waals surface area contributed by atoms with Crippen molar-refractivity contribution in [3.05, 3.63) is 243 Å². The lowest BCUT2D eigenvalue weighted by Gasteiger charge is -2.30. The second-order valence-corrected chi connectivity index (χ2v) is 15.2. The number of para-hydroxylation sites is 4. The number of anilines is 3. The van der Waals surface area contributed by atoms with Gasteiger partial charge in [-0.3, -0.25) is 0 Å². The molecule has 11 rings (SSSR count). The zero-order valence-corrected chi connectivity index (χ0v) is 33.0. The second kappa shape index (κ2) is 15.1. The monoisotopic (exact) mass is 764 g/mol. The molecule has 0 saturated carbocycles. The standard InChI is InChI=1S/C58H40N2/c1-3-19-41(20-4-1)46-24-9-10-28-50(46)51-29-13-17-33-55(51)59(53-31-15-11-25-47(53)42-21-5-2-6-22-42)45-38-35-44(36-39-45)48-26-12-16-32-54(48)60-56-34-18-14-30-52(56)58-49-27-8-7-23-43(49)37-40-57(58)60/h1-40H. The maximum Gasteiger partial charge on any atom is 0.0547 e. The highest BCUT2D eigenvalue weighted by Crippen LogP contribution is 2.47. The van der Waals surface area contributed by atoms with Crippen molar-refractivity contribution in [1.82, 2.24) is 4.57 Å². The van der Waals surface area contributed by atoms with Crippen LogP contribution in [0.1, 0.15) is 0 Å². The van der Waals surface area contributed by atoms with Gasteiger partial charge in [0, 0.05) is 33.2 Å². The van der Waals surface area contributed by atoms with Gasteiger partial charge in [0.15, 0.2) is 0 Å². The molecule has 11 aromatic rings. The number of nitrogens with zero attached hydrogens (tertiary/aromatic N) is 2. The van der Waals surface area contributed by atoms with Crippen LogP contribution in [0.25, 0.3) is 82.8 Å². The van der Waals surface area contributed by atoms with Crippen LogP contribution >= 0.6 is 0 Å². The Kier molecular flexibility index (Phi) is 8.87. The van der Waals surface area contributed by atoms with Crippen molar-refractivity contribution >= 4 is 49.6 Å². The molecule has 0 N–H and O–H groups in total. The number of hydrogen-bond acceptors (Lipinski definition) is 1. The Balaban J connectivity index is 1.09. The van der Waals surface area contributed by atoms with E-state index in [-0.39, 0.29) is 0 Å². The van der Waals surface area contributed by atoms with Gasteiger partial charge in [-0.2, -0.15) is 0 Å². The van der Waals surface area contributed by atoms with Gasteiger partial charge in [0.2, 0.25) is 0 Å². The van der Waals surface area contributed by atoms with Crippen LogP contribution in [-0.2, 0) is 0 Å². The van der Waals surface area contributed by atoms with Gasteiger partial charge in [0.05, 0.1) is 28.1 Å². The van der Waals surface area contributed by atoms with Crippen LogP contribution in [0.5, 0.6) is 0 Å². The van der Waals surface area contributed by atoms with Crippen molar-refractivity contribution in [3.63, 3.8) is 0 Å². The van der Waals surface area contributed by atoms with Crippen molar-refractivity contribution in [3.8, 4) is 50.2 Å². The first-order valence-electron chi connectivity index (χ1n) is 20.6. The van der Waals surface area contributed by atoms with Gasteiger partial charge in [-0.25, -0.2) is 0 Å². The number of benzene rings is 10. The van der Waals surface area contributed by atoms with Crippen LogP contribution in [0.2, 0.25) is 0 Å². The fraction of sp³-hybridized carbons (Fsp3) is 0. The molecule has 0 saturated heterocycles. The highest BCUT2D eigenvalue weighted by molar-refractivity contribution is 6.21. The molecule has 0 atom stereocenters. The summed E-state index contributed by atoms with van der Waals surface area (Å²) < 4.78 is 2.45. The highest BCUT2D eigenvalue weighted by Gasteiger charge is 2.22. The third-order valence-electron chi connectivity index (χ3n) is 11.8. The van der Waals surface area contributed by atoms with Gasteiger partial charge in [-0.05, 0) is 81.1 Å². The maximum atomic E-state index is 2.45. The molecule has 0 unspecified atom stereocenters. The highest BCUT2D eigenvalue weighted by atomic mass is 15.1. The van der Waals surface area contributed by atoms with E-state index < -0.39 is 0 Å². The minimum Gasteiger partial charge on any atom is -0.309 e. The van der Waals surface area contributed by atoms with Gasteiger partial charge < -0.3 is 9.47 Å². The first-order chi connectivity index (χ1) is 29.8. The normalized spacial score (nSPS) is 11.3. The zero-order chi connectivity index (χ0) is 39.8. The molecule has 0 amide bonds. The average molecular weight is 765 g/mol. The van der Waals surface area contributed by atoms with Crippen LogP contribution in [-0.4, -0.2) is 4.57 Å². The summed E-state index contributed by atoms with van der Waals surface area (Å²) in [6.45, 7) is 0. The largest absolute Gasteiger partial charge is 0.309 e. The Bertz CT molecular complexity index is 3310. The fourth-order valence-electron chi connectivity index (χ4n) is 9.12. The van der Waals surface area contributed by atoms with E-state index in [2.05, 4.69) is 252 Å². The predicted octanol–water partition coefficient (Wildman–Crippen LogP) is 16.1. The quantitative estimate of drug-likeness (QED) is 0.150. The first-order valence-corrected chi connectivity index (χ1v) is 20.6. The molecule has 0 aliphatic rings. The van der Waals surface area contributed by atoms with E-state index in [1.165, 1.54) is 60.4 Å². The number of hydrogen-bond donors (Lipinski definition) is 0. The summed E-state index contributed by atoms with van der Waals surface area (Å²) in [5.41, 5.74) is 16.3. The third-order valence-corrected chi connectivity index (χ3v) is 11.8. The molecule has 0 fully saturated rings. The van der Waals surface area contributed by atoms with Crippen LogP contribution in [0.15, 0.2) is 243 Å². The summed E-state index contributed by atoms with van der Waals surface area (Å²) in [6.07, 6.45) is 0. The van der Waals surface area contributed by atoms with Gasteiger partial charge >= 0.3 is 0 Å². The van der Waals surface area contributed by atoms with Crippen LogP contribution in [0.3, 0.4) is 0 Å². The molecule has 1 heterocycles. The summed E-state index contributed by atoms with van der Waals surface area (Å²) in [5, 5.41) is 5.07. The summed E-state index contributed by atoms with van der Waals surface area (Å²) >= 11 is 0. The summed E-state index contributed by atoms with van der Waals surface area (Å²) in [7, 11) is 0. The van der Waals surface area contributed by atoms with E-state index in [4.69, 9.17) is 0 Å². The molecule has 2 nitrogen and oxygen atoms in total. The van der Waals surface area contributed by atoms with Crippen molar-refractivity contribution < 1.29 is 0 Å². The Morgan fingerprint density at radius 2 is 0.783 bits per heavy atom. The average Bonchev–Trinajstić information content (AvgIpc) is 3.67. The lowest BCUT2D eigenvalue weighted by molar-refractivity contribution is 1.18. The SMILES string of the molecule is c1ccc(-c2ccccc2-c2ccccc2N(c2ccc(-c3ccccc3-n3c4ccccc4c4c5ccccc5ccc43)cc2)c2ccccc2-c2ccccc2)cc1. The van der Waals surface area contributed by atoms with Crippen LogP contribution in [0.4, 0.5) is 17.1 Å². The van der Waals surface area contributed by atoms with Gasteiger partial charge in [0.1, 0.15) is 0 Å². The van der Waals surface area contributed by atoms with Gasteiger partial charge in [0.25, 0.3) is 0 Å². The molecule has 10 aromatic carbocycles. The van der Waals surface area contributed by atoms with E-state index in [1.807, 2.05) is 0 Å². The summed E-state index contributed by atoms with van der Waals surface area (Å²) in [5.74, 6) is 0. The zero-order valence-electron chi connectivity index (χ0n) is 33.0. The van der Waals surface area contributed by atoms with Crippen molar-refractivity contribution in [1.29, 1.82) is 0 Å². The summed E-state index contributed by atoms with van der Waals surface area (Å²) in [6, 6.07) is 87.8. The van der Waals surface area contributed by atoms with E-state index in [1.54, 1.807) is 0 Å². The molecule has 282 valence electrons. The predicted molar refractivity (Wildman–Crippen MR) is 255 cm³/mol. The molecule has 60 heavy (non-hydrogen) atoms. The smallest absolute Gasteiger partial charge is 0.0547 e. The van der Waals surface area contributed by atoms with Gasteiger partial charge in [-0.15, -0.1) is 0 Å². The number of rotatable bonds is 8. The minimum atomic E-state index is 1.08. The Labute approximate surface area is 350 Å². The molecule has 0 aliphatic carbocycles. The van der Waals surface area contributed by atoms with E-state index >= 15 is 0 Å². The molecular weight excluding hydrogens is 725 g/mol. The molecule has 0 aliphatic heterocycles. The fourth-order valence-corrected chi connectivity index (χ4v) is 9.12. The van der Waals surface area contributed by atoms with Gasteiger partial charge in [-0.1, -0.05) is 200 Å². The Morgan fingerprint density at radius 1 is 0.283 bits per heavy atom. The first kappa shape index (κ1) is 35.2. The molecule has 0 bridgehead atoms. The maximum absolute atomic E-state index is 2.45. The van der Waals surface area contributed by atoms with Crippen LogP contribution in [0, 0.1) is 0 Å². The molecule has 2 heteroatoms. The minimum absolute atomic E-state index is 1.08. The van der Waals surface area contributed by atoms with E-state index in [0.29, 0.717) is 0 Å². The topological polar surface area (TPSA) is 8.17 Å². The molecule has 0 spiro atoms. The Morgan fingerprint density at radius 3 is 1.52 bits per heavy atom. The van der Waals surface area contributed by atoms with Crippen molar-refractivity contribution in [2.75, 3.05) is 4.90 Å². The van der Waals surface area contributed by atoms with Crippen molar-refractivity contribution in [2.45, 2.75) is 0 Å². The molecule has 0 radical (unpaired) electrons.